The van der Waals surface area contributed by atoms with Gasteiger partial charge in [-0.15, -0.1) is 0 Å². The second kappa shape index (κ2) is 8.08. The van der Waals surface area contributed by atoms with Gasteiger partial charge >= 0.3 is 5.97 Å². The minimum Gasteiger partial charge on any atom is -0.461 e. The topological polar surface area (TPSA) is 81.4 Å². The Balaban J connectivity index is 2.23. The van der Waals surface area contributed by atoms with Gasteiger partial charge in [0.1, 0.15) is 12.6 Å². The van der Waals surface area contributed by atoms with E-state index in [4.69, 9.17) is 10.5 Å². The van der Waals surface area contributed by atoms with E-state index in [0.29, 0.717) is 0 Å². The lowest BCUT2D eigenvalue weighted by atomic mass is 9.99. The monoisotopic (exact) mass is 256 g/mol. The summed E-state index contributed by atoms with van der Waals surface area (Å²) in [6.45, 7) is 1.49. The predicted octanol–water partition coefficient (Wildman–Crippen LogP) is 1.11. The number of nitrogens with one attached hydrogen (secondary N) is 1. The van der Waals surface area contributed by atoms with Crippen LogP contribution < -0.4 is 11.1 Å². The molecule has 1 fully saturated rings. The molecule has 0 spiro atoms. The predicted molar refractivity (Wildman–Crippen MR) is 68.9 cm³/mol. The molecule has 5 nitrogen and oxygen atoms in total. The van der Waals surface area contributed by atoms with Crippen molar-refractivity contribution >= 4 is 11.9 Å². The first-order valence-electron chi connectivity index (χ1n) is 6.82. The van der Waals surface area contributed by atoms with Gasteiger partial charge in [0.2, 0.25) is 5.91 Å². The van der Waals surface area contributed by atoms with Crippen LogP contribution in [-0.2, 0) is 14.3 Å². The molecule has 0 unspecified atom stereocenters. The van der Waals surface area contributed by atoms with Gasteiger partial charge in [-0.3, -0.25) is 9.59 Å². The molecule has 0 saturated heterocycles. The molecule has 1 saturated carbocycles. The van der Waals surface area contributed by atoms with Crippen molar-refractivity contribution < 1.29 is 14.3 Å². The van der Waals surface area contributed by atoms with Crippen LogP contribution in [0.1, 0.15) is 51.9 Å². The van der Waals surface area contributed by atoms with Crippen LogP contribution in [0.25, 0.3) is 0 Å². The molecule has 0 aliphatic heterocycles. The fraction of sp³-hybridized carbons (Fsp3) is 0.846. The van der Waals surface area contributed by atoms with Crippen molar-refractivity contribution in [1.82, 2.24) is 5.32 Å². The number of carbonyl (C=O) groups excluding carboxylic acids is 2. The zero-order chi connectivity index (χ0) is 13.4. The van der Waals surface area contributed by atoms with E-state index in [1.165, 1.54) is 19.3 Å². The minimum absolute atomic E-state index is 0.0185. The zero-order valence-electron chi connectivity index (χ0n) is 11.1. The van der Waals surface area contributed by atoms with Gasteiger partial charge in [-0.1, -0.05) is 19.3 Å². The van der Waals surface area contributed by atoms with E-state index in [-0.39, 0.29) is 24.5 Å². The number of rotatable bonds is 4. The number of esters is 1. The van der Waals surface area contributed by atoms with Gasteiger partial charge in [-0.05, 0) is 32.6 Å². The Labute approximate surface area is 108 Å². The van der Waals surface area contributed by atoms with Crippen molar-refractivity contribution in [2.24, 2.45) is 5.73 Å². The van der Waals surface area contributed by atoms with Crippen LogP contribution in [0.5, 0.6) is 0 Å². The van der Waals surface area contributed by atoms with E-state index in [9.17, 15) is 9.59 Å². The molecule has 5 heteroatoms. The first kappa shape index (κ1) is 15.0. The summed E-state index contributed by atoms with van der Waals surface area (Å²) in [5, 5.41) is 2.46. The van der Waals surface area contributed by atoms with Crippen molar-refractivity contribution in [1.29, 1.82) is 0 Å². The quantitative estimate of drug-likeness (QED) is 0.738. The number of ether oxygens (including phenoxy) is 1. The Hall–Kier alpha value is -1.10. The van der Waals surface area contributed by atoms with Crippen LogP contribution in [0.3, 0.4) is 0 Å². The highest BCUT2D eigenvalue weighted by atomic mass is 16.5. The standard InChI is InChI=1S/C13H24N2O3/c1-10(14)13(17)15-9-12(16)18-11-7-5-3-2-4-6-8-11/h10-11H,2-9,14H2,1H3,(H,15,17)/t10-/m0/s1. The van der Waals surface area contributed by atoms with Gasteiger partial charge < -0.3 is 15.8 Å². The summed E-state index contributed by atoms with van der Waals surface area (Å²) in [5.41, 5.74) is 5.38. The van der Waals surface area contributed by atoms with Gasteiger partial charge in [-0.25, -0.2) is 0 Å². The average molecular weight is 256 g/mol. The van der Waals surface area contributed by atoms with Crippen LogP contribution in [0.2, 0.25) is 0 Å². The maximum atomic E-state index is 11.6. The van der Waals surface area contributed by atoms with Crippen LogP contribution in [0, 0.1) is 0 Å². The largest absolute Gasteiger partial charge is 0.461 e. The normalized spacial score (nSPS) is 19.4. The molecular weight excluding hydrogens is 232 g/mol. The Kier molecular flexibility index (Phi) is 6.72. The molecule has 1 amide bonds. The summed E-state index contributed by atoms with van der Waals surface area (Å²) in [4.78, 5) is 22.8. The molecule has 104 valence electrons. The number of nitrogens with two attached hydrogens (primary N) is 1. The molecular formula is C13H24N2O3. The molecule has 0 heterocycles. The van der Waals surface area contributed by atoms with Crippen molar-refractivity contribution in [3.8, 4) is 0 Å². The molecule has 18 heavy (non-hydrogen) atoms. The third kappa shape index (κ3) is 6.00. The summed E-state index contributed by atoms with van der Waals surface area (Å²) in [5.74, 6) is -0.695. The summed E-state index contributed by atoms with van der Waals surface area (Å²) < 4.78 is 5.36. The third-order valence-electron chi connectivity index (χ3n) is 3.17. The van der Waals surface area contributed by atoms with Gasteiger partial charge in [0, 0.05) is 0 Å². The summed E-state index contributed by atoms with van der Waals surface area (Å²) >= 11 is 0. The van der Waals surface area contributed by atoms with Gasteiger partial charge in [0.15, 0.2) is 0 Å². The van der Waals surface area contributed by atoms with E-state index in [1.807, 2.05) is 0 Å². The van der Waals surface area contributed by atoms with E-state index < -0.39 is 6.04 Å². The number of hydrogen-bond acceptors (Lipinski definition) is 4. The highest BCUT2D eigenvalue weighted by Gasteiger charge is 2.16. The maximum absolute atomic E-state index is 11.6. The summed E-state index contributed by atoms with van der Waals surface area (Å²) in [6.07, 6.45) is 7.84. The lowest BCUT2D eigenvalue weighted by Gasteiger charge is -2.20. The number of hydrogen-bond donors (Lipinski definition) is 2. The highest BCUT2D eigenvalue weighted by Crippen LogP contribution is 2.19. The van der Waals surface area contributed by atoms with Crippen LogP contribution in [0.15, 0.2) is 0 Å². The zero-order valence-corrected chi connectivity index (χ0v) is 11.1. The molecule has 0 radical (unpaired) electrons. The number of amides is 1. The van der Waals surface area contributed by atoms with Gasteiger partial charge in [-0.2, -0.15) is 0 Å². The van der Waals surface area contributed by atoms with E-state index >= 15 is 0 Å². The molecule has 0 aromatic rings. The SMILES string of the molecule is C[C@H](N)C(=O)NCC(=O)OC1CCCCCCC1. The van der Waals surface area contributed by atoms with Crippen LogP contribution in [0.4, 0.5) is 0 Å². The van der Waals surface area contributed by atoms with Crippen LogP contribution in [-0.4, -0.2) is 30.6 Å². The maximum Gasteiger partial charge on any atom is 0.325 e. The third-order valence-corrected chi connectivity index (χ3v) is 3.17. The molecule has 0 aromatic heterocycles. The molecule has 1 aliphatic carbocycles. The Morgan fingerprint density at radius 3 is 2.33 bits per heavy atom. The summed E-state index contributed by atoms with van der Waals surface area (Å²) in [7, 11) is 0. The van der Waals surface area contributed by atoms with E-state index in [2.05, 4.69) is 5.32 Å². The van der Waals surface area contributed by atoms with Gasteiger partial charge in [0.05, 0.1) is 6.04 Å². The fourth-order valence-corrected chi connectivity index (χ4v) is 2.08. The van der Waals surface area contributed by atoms with Crippen molar-refractivity contribution in [3.63, 3.8) is 0 Å². The minimum atomic E-state index is -0.598. The Morgan fingerprint density at radius 2 is 1.78 bits per heavy atom. The summed E-state index contributed by atoms with van der Waals surface area (Å²) in [6, 6.07) is -0.598. The Morgan fingerprint density at radius 1 is 1.22 bits per heavy atom. The van der Waals surface area contributed by atoms with Crippen molar-refractivity contribution in [3.05, 3.63) is 0 Å². The van der Waals surface area contributed by atoms with E-state index in [0.717, 1.165) is 25.7 Å². The Bertz CT molecular complexity index is 271. The van der Waals surface area contributed by atoms with E-state index in [1.54, 1.807) is 6.92 Å². The van der Waals surface area contributed by atoms with Crippen LogP contribution >= 0.6 is 0 Å². The smallest absolute Gasteiger partial charge is 0.325 e. The lowest BCUT2D eigenvalue weighted by Crippen LogP contribution is -2.41. The van der Waals surface area contributed by atoms with Crippen molar-refractivity contribution in [2.75, 3.05) is 6.54 Å². The highest BCUT2D eigenvalue weighted by molar-refractivity contribution is 5.85. The first-order valence-corrected chi connectivity index (χ1v) is 6.82. The molecule has 0 bridgehead atoms. The second-order valence-electron chi connectivity index (χ2n) is 4.96. The fourth-order valence-electron chi connectivity index (χ4n) is 2.08. The lowest BCUT2D eigenvalue weighted by molar-refractivity contribution is -0.150. The number of carbonyl (C=O) groups is 2. The molecule has 1 atom stereocenters. The molecule has 1 aliphatic rings. The van der Waals surface area contributed by atoms with Gasteiger partial charge in [0.25, 0.3) is 0 Å². The molecule has 0 aromatic carbocycles. The second-order valence-corrected chi connectivity index (χ2v) is 4.96. The molecule has 1 rings (SSSR count). The average Bonchev–Trinajstić information content (AvgIpc) is 2.29. The molecule has 3 N–H and O–H groups in total. The first-order chi connectivity index (χ1) is 8.59. The van der Waals surface area contributed by atoms with Crippen molar-refractivity contribution in [2.45, 2.75) is 64.0 Å².